The van der Waals surface area contributed by atoms with Crippen molar-refractivity contribution < 1.29 is 9.53 Å². The molecule has 0 saturated heterocycles. The van der Waals surface area contributed by atoms with E-state index in [2.05, 4.69) is 20.8 Å². The molecule has 2 aromatic carbocycles. The lowest BCUT2D eigenvalue weighted by Gasteiger charge is -2.09. The number of amides is 1. The number of carbonyl (C=O) groups excluding carboxylic acids is 1. The monoisotopic (exact) mass is 362 g/mol. The fourth-order valence-corrected chi connectivity index (χ4v) is 2.42. The molecule has 0 radical (unpaired) electrons. The van der Waals surface area contributed by atoms with E-state index in [1.807, 2.05) is 61.5 Å². The highest BCUT2D eigenvalue weighted by Crippen LogP contribution is 2.20. The highest BCUT2D eigenvalue weighted by molar-refractivity contribution is 5.89. The molecule has 0 unspecified atom stereocenters. The summed E-state index contributed by atoms with van der Waals surface area (Å²) in [4.78, 5) is 11.6. The third kappa shape index (κ3) is 5.81. The first-order valence-electron chi connectivity index (χ1n) is 8.90. The average molecular weight is 362 g/mol. The summed E-state index contributed by atoms with van der Waals surface area (Å²) >= 11 is 0. The summed E-state index contributed by atoms with van der Waals surface area (Å²) in [5.41, 5.74) is 2.00. The van der Waals surface area contributed by atoms with Gasteiger partial charge < -0.3 is 15.4 Å². The Morgan fingerprint density at radius 2 is 1.63 bits per heavy atom. The van der Waals surface area contributed by atoms with E-state index < -0.39 is 0 Å². The lowest BCUT2D eigenvalue weighted by Crippen LogP contribution is -2.12. The van der Waals surface area contributed by atoms with Crippen molar-refractivity contribution in [2.45, 2.75) is 26.4 Å². The van der Waals surface area contributed by atoms with Crippen LogP contribution in [0.2, 0.25) is 0 Å². The van der Waals surface area contributed by atoms with E-state index in [0.29, 0.717) is 24.7 Å². The number of ether oxygens (including phenoxy) is 1. The Morgan fingerprint density at radius 3 is 2.30 bits per heavy atom. The molecule has 138 valence electrons. The molecule has 0 aliphatic carbocycles. The van der Waals surface area contributed by atoms with Gasteiger partial charge in [-0.15, -0.1) is 10.2 Å². The molecule has 0 fully saturated rings. The van der Waals surface area contributed by atoms with Crippen molar-refractivity contribution in [3.05, 3.63) is 72.3 Å². The number of hydrogen-bond donors (Lipinski definition) is 2. The number of nitrogens with zero attached hydrogens (tertiary/aromatic N) is 2. The Balaban J connectivity index is 1.52. The molecule has 0 saturated carbocycles. The number of rotatable bonds is 8. The van der Waals surface area contributed by atoms with Crippen LogP contribution in [0.3, 0.4) is 0 Å². The number of anilines is 3. The van der Waals surface area contributed by atoms with Crippen LogP contribution in [-0.4, -0.2) is 16.1 Å². The third-order valence-corrected chi connectivity index (χ3v) is 3.78. The Bertz CT molecular complexity index is 850. The molecular formula is C21H22N4O2. The summed E-state index contributed by atoms with van der Waals surface area (Å²) in [5, 5.41) is 14.0. The van der Waals surface area contributed by atoms with Crippen molar-refractivity contribution in [2.75, 3.05) is 10.6 Å². The summed E-state index contributed by atoms with van der Waals surface area (Å²) in [6, 6.07) is 21.2. The summed E-state index contributed by atoms with van der Waals surface area (Å²) in [5.74, 6) is 1.79. The predicted octanol–water partition coefficient (Wildman–Crippen LogP) is 4.54. The average Bonchev–Trinajstić information content (AvgIpc) is 2.70. The quantitative estimate of drug-likeness (QED) is 0.615. The standard InChI is InChI=1S/C21H22N4O2/c1-2-6-21(26)23-20-14-13-19(24-25-20)22-17-9-11-18(12-10-17)27-15-16-7-4-3-5-8-16/h3-5,7-14H,2,6,15H2,1H3,(H,22,24)(H,23,25,26). The van der Waals surface area contributed by atoms with Crippen LogP contribution in [0.25, 0.3) is 0 Å². The van der Waals surface area contributed by atoms with Gasteiger partial charge in [0.15, 0.2) is 11.6 Å². The maximum absolute atomic E-state index is 11.6. The van der Waals surface area contributed by atoms with Crippen molar-refractivity contribution in [2.24, 2.45) is 0 Å². The Hall–Kier alpha value is -3.41. The molecule has 6 nitrogen and oxygen atoms in total. The maximum Gasteiger partial charge on any atom is 0.225 e. The highest BCUT2D eigenvalue weighted by Gasteiger charge is 2.03. The van der Waals surface area contributed by atoms with Crippen molar-refractivity contribution in [3.8, 4) is 5.75 Å². The molecule has 0 atom stereocenters. The fourth-order valence-electron chi connectivity index (χ4n) is 2.42. The van der Waals surface area contributed by atoms with Crippen LogP contribution in [0.1, 0.15) is 25.3 Å². The molecule has 3 rings (SSSR count). The largest absolute Gasteiger partial charge is 0.489 e. The molecule has 0 aliphatic heterocycles. The summed E-state index contributed by atoms with van der Waals surface area (Å²) in [6.07, 6.45) is 1.27. The van der Waals surface area contributed by atoms with E-state index in [4.69, 9.17) is 4.74 Å². The molecule has 1 heterocycles. The summed E-state index contributed by atoms with van der Waals surface area (Å²) < 4.78 is 5.77. The maximum atomic E-state index is 11.6. The van der Waals surface area contributed by atoms with Crippen LogP contribution in [0.15, 0.2) is 66.7 Å². The first-order chi connectivity index (χ1) is 13.2. The van der Waals surface area contributed by atoms with Gasteiger partial charge in [-0.05, 0) is 48.4 Å². The first kappa shape index (κ1) is 18.4. The topological polar surface area (TPSA) is 76.1 Å². The van der Waals surface area contributed by atoms with E-state index in [1.54, 1.807) is 12.1 Å². The minimum absolute atomic E-state index is 0.0569. The van der Waals surface area contributed by atoms with Crippen LogP contribution < -0.4 is 15.4 Å². The van der Waals surface area contributed by atoms with Gasteiger partial charge in [0, 0.05) is 12.1 Å². The molecule has 0 bridgehead atoms. The van der Waals surface area contributed by atoms with E-state index >= 15 is 0 Å². The van der Waals surface area contributed by atoms with Crippen LogP contribution in [0, 0.1) is 0 Å². The second kappa shape index (κ2) is 9.33. The van der Waals surface area contributed by atoms with Gasteiger partial charge in [-0.25, -0.2) is 0 Å². The Labute approximate surface area is 158 Å². The van der Waals surface area contributed by atoms with E-state index in [0.717, 1.165) is 23.4 Å². The minimum Gasteiger partial charge on any atom is -0.489 e. The van der Waals surface area contributed by atoms with Gasteiger partial charge in [0.2, 0.25) is 5.91 Å². The van der Waals surface area contributed by atoms with Gasteiger partial charge >= 0.3 is 0 Å². The molecule has 6 heteroatoms. The Kier molecular flexibility index (Phi) is 6.35. The molecule has 3 aromatic rings. The molecular weight excluding hydrogens is 340 g/mol. The molecule has 1 aromatic heterocycles. The van der Waals surface area contributed by atoms with Gasteiger partial charge in [0.25, 0.3) is 0 Å². The van der Waals surface area contributed by atoms with Gasteiger partial charge in [-0.3, -0.25) is 4.79 Å². The molecule has 27 heavy (non-hydrogen) atoms. The second-order valence-corrected chi connectivity index (χ2v) is 6.03. The highest BCUT2D eigenvalue weighted by atomic mass is 16.5. The van der Waals surface area contributed by atoms with Crippen LogP contribution in [0.5, 0.6) is 5.75 Å². The van der Waals surface area contributed by atoms with Gasteiger partial charge in [0.05, 0.1) is 0 Å². The zero-order valence-corrected chi connectivity index (χ0v) is 15.2. The van der Waals surface area contributed by atoms with E-state index in [9.17, 15) is 4.79 Å². The Morgan fingerprint density at radius 1 is 0.926 bits per heavy atom. The smallest absolute Gasteiger partial charge is 0.225 e. The SMILES string of the molecule is CCCC(=O)Nc1ccc(Nc2ccc(OCc3ccccc3)cc2)nn1. The third-order valence-electron chi connectivity index (χ3n) is 3.78. The fraction of sp³-hybridized carbons (Fsp3) is 0.190. The van der Waals surface area contributed by atoms with E-state index in [1.165, 1.54) is 0 Å². The number of carbonyl (C=O) groups is 1. The lowest BCUT2D eigenvalue weighted by molar-refractivity contribution is -0.116. The van der Waals surface area contributed by atoms with Crippen molar-refractivity contribution >= 4 is 23.2 Å². The summed E-state index contributed by atoms with van der Waals surface area (Å²) in [7, 11) is 0. The van der Waals surface area contributed by atoms with Gasteiger partial charge in [0.1, 0.15) is 12.4 Å². The normalized spacial score (nSPS) is 10.3. The second-order valence-electron chi connectivity index (χ2n) is 6.03. The first-order valence-corrected chi connectivity index (χ1v) is 8.90. The van der Waals surface area contributed by atoms with Crippen LogP contribution >= 0.6 is 0 Å². The number of benzene rings is 2. The van der Waals surface area contributed by atoms with Crippen molar-refractivity contribution in [1.29, 1.82) is 0 Å². The van der Waals surface area contributed by atoms with Gasteiger partial charge in [-0.2, -0.15) is 0 Å². The predicted molar refractivity (Wildman–Crippen MR) is 106 cm³/mol. The van der Waals surface area contributed by atoms with Crippen LogP contribution in [0.4, 0.5) is 17.3 Å². The number of aromatic nitrogens is 2. The van der Waals surface area contributed by atoms with Crippen LogP contribution in [-0.2, 0) is 11.4 Å². The van der Waals surface area contributed by atoms with E-state index in [-0.39, 0.29) is 5.91 Å². The minimum atomic E-state index is -0.0569. The van der Waals surface area contributed by atoms with Gasteiger partial charge in [-0.1, -0.05) is 37.3 Å². The molecule has 0 aliphatic rings. The van der Waals surface area contributed by atoms with Crippen molar-refractivity contribution in [1.82, 2.24) is 10.2 Å². The van der Waals surface area contributed by atoms with Crippen molar-refractivity contribution in [3.63, 3.8) is 0 Å². The zero-order chi connectivity index (χ0) is 18.9. The molecule has 0 spiro atoms. The zero-order valence-electron chi connectivity index (χ0n) is 15.2. The lowest BCUT2D eigenvalue weighted by atomic mass is 10.2. The molecule has 2 N–H and O–H groups in total. The summed E-state index contributed by atoms with van der Waals surface area (Å²) in [6.45, 7) is 2.49. The molecule has 1 amide bonds. The number of hydrogen-bond acceptors (Lipinski definition) is 5. The number of nitrogens with one attached hydrogen (secondary N) is 2.